The summed E-state index contributed by atoms with van der Waals surface area (Å²) in [5, 5.41) is 6.75. The van der Waals surface area contributed by atoms with Crippen LogP contribution in [0.1, 0.15) is 35.7 Å². The maximum atomic E-state index is 12.5. The molecule has 2 amide bonds. The zero-order chi connectivity index (χ0) is 19.5. The first-order chi connectivity index (χ1) is 13.6. The number of nitrogens with one attached hydrogen (secondary N) is 1. The van der Waals surface area contributed by atoms with E-state index < -0.39 is 0 Å². The van der Waals surface area contributed by atoms with Gasteiger partial charge in [0.1, 0.15) is 5.69 Å². The topological polar surface area (TPSA) is 75.4 Å². The van der Waals surface area contributed by atoms with Crippen molar-refractivity contribution in [2.24, 2.45) is 0 Å². The molecule has 0 bridgehead atoms. The minimum Gasteiger partial charge on any atom is -0.338 e. The highest BCUT2D eigenvalue weighted by molar-refractivity contribution is 6.04. The number of carbonyl (C=O) groups is 2. The van der Waals surface area contributed by atoms with Gasteiger partial charge in [-0.3, -0.25) is 14.9 Å². The van der Waals surface area contributed by atoms with E-state index in [4.69, 9.17) is 4.52 Å². The lowest BCUT2D eigenvalue weighted by atomic mass is 10.1. The van der Waals surface area contributed by atoms with Gasteiger partial charge in [-0.2, -0.15) is 0 Å². The Kier molecular flexibility index (Phi) is 4.93. The Bertz CT molecular complexity index is 991. The van der Waals surface area contributed by atoms with Crippen LogP contribution >= 0.6 is 0 Å². The summed E-state index contributed by atoms with van der Waals surface area (Å²) in [4.78, 5) is 26.0. The van der Waals surface area contributed by atoms with E-state index in [2.05, 4.69) is 29.5 Å². The second-order valence-corrected chi connectivity index (χ2v) is 6.78. The standard InChI is InChI=1S/C22H21N3O3/c1-2-15-5-7-16(8-6-15)19-14-20(28-24-19)23-22(27)17-9-11-18(12-10-17)25-13-3-4-21(25)26/h5-12,14H,2-4,13H2,1H3,(H,23,27). The first kappa shape index (κ1) is 18.0. The maximum absolute atomic E-state index is 12.5. The van der Waals surface area contributed by atoms with Gasteiger partial charge in [0, 0.05) is 35.8 Å². The van der Waals surface area contributed by atoms with Gasteiger partial charge in [-0.1, -0.05) is 36.3 Å². The smallest absolute Gasteiger partial charge is 0.258 e. The van der Waals surface area contributed by atoms with Gasteiger partial charge in [0.25, 0.3) is 5.91 Å². The summed E-state index contributed by atoms with van der Waals surface area (Å²) < 4.78 is 5.25. The molecule has 1 aliphatic heterocycles. The van der Waals surface area contributed by atoms with Gasteiger partial charge in [0.15, 0.2) is 0 Å². The zero-order valence-electron chi connectivity index (χ0n) is 15.6. The monoisotopic (exact) mass is 375 g/mol. The Balaban J connectivity index is 1.43. The van der Waals surface area contributed by atoms with E-state index in [0.717, 1.165) is 30.6 Å². The third-order valence-electron chi connectivity index (χ3n) is 4.92. The zero-order valence-corrected chi connectivity index (χ0v) is 15.6. The van der Waals surface area contributed by atoms with Crippen molar-refractivity contribution < 1.29 is 14.1 Å². The average Bonchev–Trinajstić information content (AvgIpc) is 3.37. The minimum absolute atomic E-state index is 0.123. The van der Waals surface area contributed by atoms with E-state index in [0.29, 0.717) is 23.6 Å². The molecular weight excluding hydrogens is 354 g/mol. The van der Waals surface area contributed by atoms with Crippen LogP contribution in [0.3, 0.4) is 0 Å². The predicted octanol–water partition coefficient (Wildman–Crippen LogP) is 4.28. The molecule has 28 heavy (non-hydrogen) atoms. The molecule has 3 aromatic rings. The van der Waals surface area contributed by atoms with Gasteiger partial charge in [-0.05, 0) is 42.7 Å². The van der Waals surface area contributed by atoms with Gasteiger partial charge < -0.3 is 9.42 Å². The molecule has 1 saturated heterocycles. The molecule has 6 heteroatoms. The van der Waals surface area contributed by atoms with Crippen molar-refractivity contribution >= 4 is 23.4 Å². The fourth-order valence-electron chi connectivity index (χ4n) is 3.28. The lowest BCUT2D eigenvalue weighted by molar-refractivity contribution is -0.117. The molecule has 6 nitrogen and oxygen atoms in total. The molecule has 1 fully saturated rings. The third kappa shape index (κ3) is 3.67. The summed E-state index contributed by atoms with van der Waals surface area (Å²) in [6, 6.07) is 16.8. The van der Waals surface area contributed by atoms with Crippen molar-refractivity contribution in [3.63, 3.8) is 0 Å². The first-order valence-corrected chi connectivity index (χ1v) is 9.42. The van der Waals surface area contributed by atoms with Crippen molar-refractivity contribution in [1.29, 1.82) is 0 Å². The average molecular weight is 375 g/mol. The van der Waals surface area contributed by atoms with Crippen LogP contribution in [0.4, 0.5) is 11.6 Å². The number of aryl methyl sites for hydroxylation is 1. The molecule has 1 aliphatic rings. The minimum atomic E-state index is -0.289. The molecule has 0 aliphatic carbocycles. The molecule has 1 N–H and O–H groups in total. The van der Waals surface area contributed by atoms with Crippen LogP contribution in [0.2, 0.25) is 0 Å². The Hall–Kier alpha value is -3.41. The summed E-state index contributed by atoms with van der Waals surface area (Å²) in [6.45, 7) is 2.83. The van der Waals surface area contributed by atoms with Crippen molar-refractivity contribution in [3.05, 3.63) is 65.7 Å². The highest BCUT2D eigenvalue weighted by Gasteiger charge is 2.21. The van der Waals surface area contributed by atoms with Gasteiger partial charge in [0.05, 0.1) is 0 Å². The summed E-state index contributed by atoms with van der Waals surface area (Å²) in [7, 11) is 0. The highest BCUT2D eigenvalue weighted by atomic mass is 16.5. The van der Waals surface area contributed by atoms with Crippen molar-refractivity contribution in [3.8, 4) is 11.3 Å². The molecule has 1 aromatic heterocycles. The third-order valence-corrected chi connectivity index (χ3v) is 4.92. The first-order valence-electron chi connectivity index (χ1n) is 9.42. The van der Waals surface area contributed by atoms with Crippen molar-refractivity contribution in [1.82, 2.24) is 5.16 Å². The number of hydrogen-bond donors (Lipinski definition) is 1. The Morgan fingerprint density at radius 3 is 2.54 bits per heavy atom. The molecule has 2 heterocycles. The fourth-order valence-corrected chi connectivity index (χ4v) is 3.28. The molecule has 0 atom stereocenters. The number of nitrogens with zero attached hydrogens (tertiary/aromatic N) is 2. The quantitative estimate of drug-likeness (QED) is 0.722. The molecular formula is C22H21N3O3. The Morgan fingerprint density at radius 1 is 1.14 bits per heavy atom. The van der Waals surface area contributed by atoms with E-state index in [-0.39, 0.29) is 11.8 Å². The molecule has 0 saturated carbocycles. The summed E-state index contributed by atoms with van der Waals surface area (Å²) in [6.07, 6.45) is 2.43. The van der Waals surface area contributed by atoms with E-state index in [1.807, 2.05) is 12.1 Å². The lowest BCUT2D eigenvalue weighted by Gasteiger charge is -2.15. The number of hydrogen-bond acceptors (Lipinski definition) is 4. The van der Waals surface area contributed by atoms with E-state index in [9.17, 15) is 9.59 Å². The van der Waals surface area contributed by atoms with Crippen LogP contribution in [0.15, 0.2) is 59.1 Å². The molecule has 4 rings (SSSR count). The van der Waals surface area contributed by atoms with Gasteiger partial charge >= 0.3 is 0 Å². The lowest BCUT2D eigenvalue weighted by Crippen LogP contribution is -2.23. The van der Waals surface area contributed by atoms with Gasteiger partial charge in [0.2, 0.25) is 11.8 Å². The Labute approximate surface area is 163 Å². The van der Waals surface area contributed by atoms with Crippen LogP contribution in [0.5, 0.6) is 0 Å². The van der Waals surface area contributed by atoms with Gasteiger partial charge in [-0.15, -0.1) is 0 Å². The van der Waals surface area contributed by atoms with Crippen LogP contribution in [-0.2, 0) is 11.2 Å². The molecule has 0 radical (unpaired) electrons. The van der Waals surface area contributed by atoms with Crippen LogP contribution in [0, 0.1) is 0 Å². The van der Waals surface area contributed by atoms with E-state index in [1.54, 1.807) is 35.2 Å². The second-order valence-electron chi connectivity index (χ2n) is 6.78. The van der Waals surface area contributed by atoms with Crippen molar-refractivity contribution in [2.75, 3.05) is 16.8 Å². The molecule has 0 spiro atoms. The normalized spacial score (nSPS) is 13.8. The summed E-state index contributed by atoms with van der Waals surface area (Å²) in [5.41, 5.74) is 4.15. The van der Waals surface area contributed by atoms with E-state index >= 15 is 0 Å². The molecule has 2 aromatic carbocycles. The van der Waals surface area contributed by atoms with Gasteiger partial charge in [-0.25, -0.2) is 0 Å². The van der Waals surface area contributed by atoms with Crippen molar-refractivity contribution in [2.45, 2.75) is 26.2 Å². The number of amides is 2. The van der Waals surface area contributed by atoms with Crippen LogP contribution in [-0.4, -0.2) is 23.5 Å². The van der Waals surface area contributed by atoms with Crippen LogP contribution < -0.4 is 10.2 Å². The summed E-state index contributed by atoms with van der Waals surface area (Å²) in [5.74, 6) is 0.125. The second kappa shape index (κ2) is 7.68. The molecule has 142 valence electrons. The largest absolute Gasteiger partial charge is 0.338 e. The van der Waals surface area contributed by atoms with E-state index in [1.165, 1.54) is 5.56 Å². The predicted molar refractivity (Wildman–Crippen MR) is 107 cm³/mol. The van der Waals surface area contributed by atoms with Crippen LogP contribution in [0.25, 0.3) is 11.3 Å². The number of benzene rings is 2. The highest BCUT2D eigenvalue weighted by Crippen LogP contribution is 2.24. The number of carbonyl (C=O) groups excluding carboxylic acids is 2. The summed E-state index contributed by atoms with van der Waals surface area (Å²) >= 11 is 0. The Morgan fingerprint density at radius 2 is 1.89 bits per heavy atom. The maximum Gasteiger partial charge on any atom is 0.258 e. The number of aromatic nitrogens is 1. The fraction of sp³-hybridized carbons (Fsp3) is 0.227. The number of rotatable bonds is 5. The SMILES string of the molecule is CCc1ccc(-c2cc(NC(=O)c3ccc(N4CCCC4=O)cc3)on2)cc1. The molecule has 0 unspecified atom stereocenters. The number of anilines is 2.